The predicted molar refractivity (Wildman–Crippen MR) is 89.2 cm³/mol. The molecular weight excluding hydrogens is 303 g/mol. The smallest absolute Gasteiger partial charge is 0.123 e. The summed E-state index contributed by atoms with van der Waals surface area (Å²) in [6.07, 6.45) is 4.98. The number of hydrogen-bond acceptors (Lipinski definition) is 3. The van der Waals surface area contributed by atoms with Crippen LogP contribution in [0.4, 0.5) is 4.39 Å². The highest BCUT2D eigenvalue weighted by Gasteiger charge is 2.22. The second-order valence-corrected chi connectivity index (χ2v) is 6.33. The first-order valence-electron chi connectivity index (χ1n) is 8.14. The van der Waals surface area contributed by atoms with Gasteiger partial charge in [0, 0.05) is 12.1 Å². The summed E-state index contributed by atoms with van der Waals surface area (Å²) in [7, 11) is 0. The molecule has 2 aliphatic rings. The Morgan fingerprint density at radius 1 is 1.14 bits per heavy atom. The number of rotatable bonds is 7. The maximum atomic E-state index is 13.4. The average Bonchev–Trinajstić information content (AvgIpc) is 3.32. The molecule has 5 heteroatoms. The second-order valence-electron chi connectivity index (χ2n) is 6.33. The lowest BCUT2D eigenvalue weighted by Gasteiger charge is -2.23. The summed E-state index contributed by atoms with van der Waals surface area (Å²) in [5, 5.41) is 6.84. The molecule has 1 saturated heterocycles. The summed E-state index contributed by atoms with van der Waals surface area (Å²) in [5.41, 5.74) is 0.935. The molecule has 1 heterocycles. The molecule has 1 aliphatic carbocycles. The molecule has 0 aromatic heterocycles. The summed E-state index contributed by atoms with van der Waals surface area (Å²) in [6.45, 7) is 4.68. The van der Waals surface area contributed by atoms with E-state index >= 15 is 0 Å². The lowest BCUT2D eigenvalue weighted by atomic mass is 9.98. The largest absolute Gasteiger partial charge is 0.493 e. The van der Waals surface area contributed by atoms with Crippen molar-refractivity contribution in [3.8, 4) is 5.75 Å². The third kappa shape index (κ3) is 5.41. The molecule has 1 aromatic rings. The van der Waals surface area contributed by atoms with E-state index in [2.05, 4.69) is 10.6 Å². The van der Waals surface area contributed by atoms with Gasteiger partial charge in [0.2, 0.25) is 0 Å². The lowest BCUT2D eigenvalue weighted by Crippen LogP contribution is -2.33. The van der Waals surface area contributed by atoms with Crippen molar-refractivity contribution in [2.45, 2.75) is 32.2 Å². The van der Waals surface area contributed by atoms with Gasteiger partial charge in [0.15, 0.2) is 0 Å². The van der Waals surface area contributed by atoms with Crippen molar-refractivity contribution in [3.05, 3.63) is 29.6 Å². The molecule has 0 radical (unpaired) electrons. The fourth-order valence-electron chi connectivity index (χ4n) is 2.82. The van der Waals surface area contributed by atoms with Gasteiger partial charge in [-0.2, -0.15) is 0 Å². The van der Waals surface area contributed by atoms with Gasteiger partial charge >= 0.3 is 0 Å². The van der Waals surface area contributed by atoms with Crippen molar-refractivity contribution in [2.75, 3.05) is 26.2 Å². The van der Waals surface area contributed by atoms with E-state index in [1.165, 1.54) is 31.7 Å². The Hall–Kier alpha value is -0.840. The van der Waals surface area contributed by atoms with Crippen molar-refractivity contribution in [1.82, 2.24) is 10.6 Å². The summed E-state index contributed by atoms with van der Waals surface area (Å²) in [5.74, 6) is 2.09. The molecule has 1 aromatic carbocycles. The molecule has 2 fully saturated rings. The van der Waals surface area contributed by atoms with Crippen LogP contribution in [0.3, 0.4) is 0 Å². The van der Waals surface area contributed by atoms with Gasteiger partial charge in [-0.25, -0.2) is 4.39 Å². The van der Waals surface area contributed by atoms with Crippen LogP contribution in [-0.2, 0) is 6.54 Å². The highest BCUT2D eigenvalue weighted by Crippen LogP contribution is 2.30. The van der Waals surface area contributed by atoms with Gasteiger partial charge in [-0.05, 0) is 75.4 Å². The van der Waals surface area contributed by atoms with E-state index in [9.17, 15) is 4.39 Å². The van der Waals surface area contributed by atoms with Crippen LogP contribution in [0.1, 0.15) is 31.2 Å². The number of hydrogen-bond donors (Lipinski definition) is 2. The highest BCUT2D eigenvalue weighted by molar-refractivity contribution is 5.85. The van der Waals surface area contributed by atoms with Gasteiger partial charge in [0.1, 0.15) is 11.6 Å². The van der Waals surface area contributed by atoms with Crippen molar-refractivity contribution >= 4 is 12.4 Å². The Kier molecular flexibility index (Phi) is 6.93. The fourth-order valence-corrected chi connectivity index (χ4v) is 2.82. The highest BCUT2D eigenvalue weighted by atomic mass is 35.5. The van der Waals surface area contributed by atoms with Gasteiger partial charge in [0.25, 0.3) is 0 Å². The van der Waals surface area contributed by atoms with Crippen LogP contribution in [-0.4, -0.2) is 26.2 Å². The molecule has 124 valence electrons. The third-order valence-corrected chi connectivity index (χ3v) is 4.40. The van der Waals surface area contributed by atoms with E-state index < -0.39 is 0 Å². The maximum Gasteiger partial charge on any atom is 0.123 e. The third-order valence-electron chi connectivity index (χ3n) is 4.40. The molecule has 0 bridgehead atoms. The summed E-state index contributed by atoms with van der Waals surface area (Å²) < 4.78 is 19.3. The van der Waals surface area contributed by atoms with Gasteiger partial charge in [0.05, 0.1) is 6.61 Å². The first-order chi connectivity index (χ1) is 10.3. The zero-order valence-corrected chi connectivity index (χ0v) is 13.8. The first kappa shape index (κ1) is 17.5. The first-order valence-corrected chi connectivity index (χ1v) is 8.14. The standard InChI is InChI=1S/C17H25FN2O.ClH/c18-16-3-4-17(21-12-14-1-2-14)15(9-16)11-20-10-13-5-7-19-8-6-13;/h3-4,9,13-14,19-20H,1-2,5-8,10-12H2;1H. The van der Waals surface area contributed by atoms with Crippen molar-refractivity contribution in [2.24, 2.45) is 11.8 Å². The quantitative estimate of drug-likeness (QED) is 0.807. The van der Waals surface area contributed by atoms with Crippen LogP contribution in [0, 0.1) is 17.7 Å². The second kappa shape index (κ2) is 8.70. The van der Waals surface area contributed by atoms with Crippen molar-refractivity contribution in [3.63, 3.8) is 0 Å². The van der Waals surface area contributed by atoms with Gasteiger partial charge in [-0.15, -0.1) is 12.4 Å². The normalized spacial score (nSPS) is 18.8. The molecular formula is C17H26ClFN2O. The Balaban J connectivity index is 0.00000176. The fraction of sp³-hybridized carbons (Fsp3) is 0.647. The summed E-state index contributed by atoms with van der Waals surface area (Å²) >= 11 is 0. The molecule has 3 nitrogen and oxygen atoms in total. The predicted octanol–water partition coefficient (Wildman–Crippen LogP) is 3.13. The molecule has 0 amide bonds. The Morgan fingerprint density at radius 2 is 1.91 bits per heavy atom. The number of piperidine rings is 1. The van der Waals surface area contributed by atoms with E-state index in [1.54, 1.807) is 12.1 Å². The molecule has 2 N–H and O–H groups in total. The van der Waals surface area contributed by atoms with E-state index in [-0.39, 0.29) is 18.2 Å². The van der Waals surface area contributed by atoms with Crippen molar-refractivity contribution < 1.29 is 9.13 Å². The van der Waals surface area contributed by atoms with Crippen LogP contribution in [0.25, 0.3) is 0 Å². The van der Waals surface area contributed by atoms with Crippen LogP contribution >= 0.6 is 12.4 Å². The van der Waals surface area contributed by atoms with Crippen molar-refractivity contribution in [1.29, 1.82) is 0 Å². The minimum absolute atomic E-state index is 0. The lowest BCUT2D eigenvalue weighted by molar-refractivity contribution is 0.294. The maximum absolute atomic E-state index is 13.4. The van der Waals surface area contributed by atoms with Crippen LogP contribution in [0.2, 0.25) is 0 Å². The average molecular weight is 329 g/mol. The van der Waals surface area contributed by atoms with E-state index in [1.807, 2.05) is 0 Å². The van der Waals surface area contributed by atoms with Gasteiger partial charge in [-0.1, -0.05) is 0 Å². The van der Waals surface area contributed by atoms with Gasteiger partial charge < -0.3 is 15.4 Å². The number of benzene rings is 1. The molecule has 3 rings (SSSR count). The van der Waals surface area contributed by atoms with E-state index in [0.29, 0.717) is 12.5 Å². The van der Waals surface area contributed by atoms with Crippen LogP contribution in [0.15, 0.2) is 18.2 Å². The Bertz CT molecular complexity index is 462. The topological polar surface area (TPSA) is 33.3 Å². The SMILES string of the molecule is Cl.Fc1ccc(OCC2CC2)c(CNCC2CCNCC2)c1. The monoisotopic (exact) mass is 328 g/mol. The number of ether oxygens (including phenoxy) is 1. The Labute approximate surface area is 138 Å². The zero-order valence-electron chi connectivity index (χ0n) is 12.9. The van der Waals surface area contributed by atoms with E-state index in [0.717, 1.165) is 43.5 Å². The minimum atomic E-state index is -0.188. The molecule has 22 heavy (non-hydrogen) atoms. The summed E-state index contributed by atoms with van der Waals surface area (Å²) in [4.78, 5) is 0. The minimum Gasteiger partial charge on any atom is -0.493 e. The number of halogens is 2. The summed E-state index contributed by atoms with van der Waals surface area (Å²) in [6, 6.07) is 4.84. The molecule has 1 aliphatic heterocycles. The number of nitrogens with one attached hydrogen (secondary N) is 2. The van der Waals surface area contributed by atoms with Gasteiger partial charge in [-0.3, -0.25) is 0 Å². The molecule has 0 unspecified atom stereocenters. The van der Waals surface area contributed by atoms with E-state index in [4.69, 9.17) is 4.74 Å². The molecule has 0 atom stereocenters. The Morgan fingerprint density at radius 3 is 2.64 bits per heavy atom. The van der Waals surface area contributed by atoms with Crippen LogP contribution < -0.4 is 15.4 Å². The van der Waals surface area contributed by atoms with Crippen LogP contribution in [0.5, 0.6) is 5.75 Å². The molecule has 0 spiro atoms. The zero-order chi connectivity index (χ0) is 14.5. The molecule has 1 saturated carbocycles.